The summed E-state index contributed by atoms with van der Waals surface area (Å²) < 4.78 is 11.4. The zero-order valence-electron chi connectivity index (χ0n) is 15.8. The molecule has 2 aliphatic heterocycles. The molecule has 1 saturated heterocycles. The van der Waals surface area contributed by atoms with E-state index >= 15 is 0 Å². The molecule has 1 aromatic carbocycles. The Morgan fingerprint density at radius 3 is 2.63 bits per heavy atom. The number of furan rings is 1. The summed E-state index contributed by atoms with van der Waals surface area (Å²) >= 11 is 0. The van der Waals surface area contributed by atoms with E-state index in [1.54, 1.807) is 0 Å². The molecule has 0 saturated carbocycles. The SMILES string of the molecule is Cc1ccc([C@@H](CNC(=O)N2CCc3ccccc3C2)N2CCOCC2)o1. The van der Waals surface area contributed by atoms with Crippen LogP contribution in [0.3, 0.4) is 0 Å². The van der Waals surface area contributed by atoms with E-state index in [1.807, 2.05) is 30.0 Å². The Kier molecular flexibility index (Phi) is 5.45. The Balaban J connectivity index is 1.40. The number of morpholine rings is 1. The smallest absolute Gasteiger partial charge is 0.317 e. The lowest BCUT2D eigenvalue weighted by Gasteiger charge is -2.34. The van der Waals surface area contributed by atoms with Crippen LogP contribution in [0.25, 0.3) is 0 Å². The number of carbonyl (C=O) groups is 1. The number of rotatable bonds is 4. The fraction of sp³-hybridized carbons (Fsp3) is 0.476. The highest BCUT2D eigenvalue weighted by Crippen LogP contribution is 2.24. The number of hydrogen-bond acceptors (Lipinski definition) is 4. The summed E-state index contributed by atoms with van der Waals surface area (Å²) in [7, 11) is 0. The summed E-state index contributed by atoms with van der Waals surface area (Å²) in [5.74, 6) is 1.79. The maximum Gasteiger partial charge on any atom is 0.317 e. The number of amides is 2. The van der Waals surface area contributed by atoms with Crippen molar-refractivity contribution in [2.45, 2.75) is 25.9 Å². The largest absolute Gasteiger partial charge is 0.465 e. The van der Waals surface area contributed by atoms with Crippen LogP contribution >= 0.6 is 0 Å². The molecule has 0 unspecified atom stereocenters. The average molecular weight is 369 g/mol. The fourth-order valence-corrected chi connectivity index (χ4v) is 3.90. The van der Waals surface area contributed by atoms with Crippen LogP contribution in [-0.2, 0) is 17.7 Å². The maximum atomic E-state index is 12.8. The zero-order chi connectivity index (χ0) is 18.6. The molecule has 2 aromatic rings. The van der Waals surface area contributed by atoms with Gasteiger partial charge in [0.1, 0.15) is 11.5 Å². The molecule has 1 atom stereocenters. The van der Waals surface area contributed by atoms with Gasteiger partial charge < -0.3 is 19.4 Å². The van der Waals surface area contributed by atoms with Crippen molar-refractivity contribution in [2.24, 2.45) is 0 Å². The van der Waals surface area contributed by atoms with Gasteiger partial charge in [0.25, 0.3) is 0 Å². The highest BCUT2D eigenvalue weighted by Gasteiger charge is 2.27. The van der Waals surface area contributed by atoms with Gasteiger partial charge in [-0.05, 0) is 36.6 Å². The van der Waals surface area contributed by atoms with Gasteiger partial charge in [-0.15, -0.1) is 0 Å². The Morgan fingerprint density at radius 1 is 1.11 bits per heavy atom. The van der Waals surface area contributed by atoms with E-state index in [-0.39, 0.29) is 12.1 Å². The van der Waals surface area contributed by atoms with Crippen molar-refractivity contribution >= 4 is 6.03 Å². The number of nitrogens with zero attached hydrogens (tertiary/aromatic N) is 2. The number of carbonyl (C=O) groups excluding carboxylic acids is 1. The molecule has 27 heavy (non-hydrogen) atoms. The first-order valence-corrected chi connectivity index (χ1v) is 9.68. The van der Waals surface area contributed by atoms with Crippen molar-refractivity contribution in [3.05, 3.63) is 59.0 Å². The average Bonchev–Trinajstić information content (AvgIpc) is 3.14. The Labute approximate surface area is 160 Å². The maximum absolute atomic E-state index is 12.8. The van der Waals surface area contributed by atoms with Crippen molar-refractivity contribution in [2.75, 3.05) is 39.4 Å². The number of benzene rings is 1. The van der Waals surface area contributed by atoms with E-state index in [0.29, 0.717) is 26.3 Å². The monoisotopic (exact) mass is 369 g/mol. The third-order valence-corrected chi connectivity index (χ3v) is 5.44. The summed E-state index contributed by atoms with van der Waals surface area (Å²) in [5, 5.41) is 3.13. The van der Waals surface area contributed by atoms with E-state index in [0.717, 1.165) is 37.6 Å². The second kappa shape index (κ2) is 8.15. The van der Waals surface area contributed by atoms with Crippen molar-refractivity contribution in [1.29, 1.82) is 0 Å². The molecule has 0 aliphatic carbocycles. The topological polar surface area (TPSA) is 58.0 Å². The van der Waals surface area contributed by atoms with Gasteiger partial charge in [-0.2, -0.15) is 0 Å². The quantitative estimate of drug-likeness (QED) is 0.900. The molecule has 1 aromatic heterocycles. The van der Waals surface area contributed by atoms with Crippen LogP contribution in [0, 0.1) is 6.92 Å². The normalized spacial score (nSPS) is 18.8. The van der Waals surface area contributed by atoms with Crippen LogP contribution < -0.4 is 5.32 Å². The van der Waals surface area contributed by atoms with Crippen molar-refractivity contribution in [3.8, 4) is 0 Å². The molecule has 1 fully saturated rings. The first kappa shape index (κ1) is 18.1. The first-order valence-electron chi connectivity index (χ1n) is 9.68. The highest BCUT2D eigenvalue weighted by atomic mass is 16.5. The van der Waals surface area contributed by atoms with Crippen LogP contribution in [0.4, 0.5) is 4.79 Å². The molecule has 4 rings (SSSR count). The van der Waals surface area contributed by atoms with Crippen LogP contribution in [0.15, 0.2) is 40.8 Å². The molecule has 2 amide bonds. The predicted molar refractivity (Wildman–Crippen MR) is 103 cm³/mol. The van der Waals surface area contributed by atoms with Crippen LogP contribution in [0.1, 0.15) is 28.7 Å². The first-order chi connectivity index (χ1) is 13.2. The molecular formula is C21H27N3O3. The molecule has 0 radical (unpaired) electrons. The lowest BCUT2D eigenvalue weighted by Crippen LogP contribution is -2.47. The van der Waals surface area contributed by atoms with Crippen molar-refractivity contribution in [1.82, 2.24) is 15.1 Å². The Bertz CT molecular complexity index is 782. The molecule has 0 spiro atoms. The number of aryl methyl sites for hydroxylation is 1. The third kappa shape index (κ3) is 4.17. The summed E-state index contributed by atoms with van der Waals surface area (Å²) in [5.41, 5.74) is 2.59. The second-order valence-electron chi connectivity index (χ2n) is 7.24. The lowest BCUT2D eigenvalue weighted by atomic mass is 10.0. The zero-order valence-corrected chi connectivity index (χ0v) is 15.8. The number of ether oxygens (including phenoxy) is 1. The van der Waals surface area contributed by atoms with Gasteiger partial charge in [-0.25, -0.2) is 4.79 Å². The van der Waals surface area contributed by atoms with Crippen LogP contribution in [0.5, 0.6) is 0 Å². The Hall–Kier alpha value is -2.31. The third-order valence-electron chi connectivity index (χ3n) is 5.44. The molecule has 3 heterocycles. The van der Waals surface area contributed by atoms with Crippen LogP contribution in [0.2, 0.25) is 0 Å². The van der Waals surface area contributed by atoms with Gasteiger partial charge in [0.05, 0.1) is 19.3 Å². The van der Waals surface area contributed by atoms with E-state index < -0.39 is 0 Å². The van der Waals surface area contributed by atoms with Gasteiger partial charge in [0, 0.05) is 32.7 Å². The number of fused-ring (bicyclic) bond motifs is 1. The molecule has 6 heteroatoms. The Morgan fingerprint density at radius 2 is 1.89 bits per heavy atom. The molecule has 0 bridgehead atoms. The second-order valence-corrected chi connectivity index (χ2v) is 7.24. The lowest BCUT2D eigenvalue weighted by molar-refractivity contribution is 0.0119. The van der Waals surface area contributed by atoms with E-state index in [1.165, 1.54) is 11.1 Å². The summed E-state index contributed by atoms with van der Waals surface area (Å²) in [4.78, 5) is 17.0. The number of urea groups is 1. The van der Waals surface area contributed by atoms with E-state index in [4.69, 9.17) is 9.15 Å². The van der Waals surface area contributed by atoms with E-state index in [2.05, 4.69) is 28.4 Å². The van der Waals surface area contributed by atoms with Crippen molar-refractivity contribution < 1.29 is 13.9 Å². The molecular weight excluding hydrogens is 342 g/mol. The van der Waals surface area contributed by atoms with E-state index in [9.17, 15) is 4.79 Å². The van der Waals surface area contributed by atoms with Gasteiger partial charge in [-0.3, -0.25) is 4.90 Å². The summed E-state index contributed by atoms with van der Waals surface area (Å²) in [6.45, 7) is 7.03. The minimum absolute atomic E-state index is 0.00830. The molecule has 6 nitrogen and oxygen atoms in total. The minimum Gasteiger partial charge on any atom is -0.465 e. The molecule has 144 valence electrons. The van der Waals surface area contributed by atoms with Crippen molar-refractivity contribution in [3.63, 3.8) is 0 Å². The van der Waals surface area contributed by atoms with Gasteiger partial charge >= 0.3 is 6.03 Å². The van der Waals surface area contributed by atoms with Gasteiger partial charge in [-0.1, -0.05) is 24.3 Å². The molecule has 2 aliphatic rings. The molecule has 1 N–H and O–H groups in total. The van der Waals surface area contributed by atoms with Crippen LogP contribution in [-0.4, -0.2) is 55.2 Å². The predicted octanol–water partition coefficient (Wildman–Crippen LogP) is 2.73. The number of nitrogens with one attached hydrogen (secondary N) is 1. The minimum atomic E-state index is -0.00830. The highest BCUT2D eigenvalue weighted by molar-refractivity contribution is 5.74. The van der Waals surface area contributed by atoms with Gasteiger partial charge in [0.15, 0.2) is 0 Å². The van der Waals surface area contributed by atoms with Gasteiger partial charge in [0.2, 0.25) is 0 Å². The summed E-state index contributed by atoms with van der Waals surface area (Å²) in [6.07, 6.45) is 0.911. The summed E-state index contributed by atoms with van der Waals surface area (Å²) in [6, 6.07) is 12.4. The number of hydrogen-bond donors (Lipinski definition) is 1. The standard InChI is InChI=1S/C21H27N3O3/c1-16-6-7-20(27-16)19(23-10-12-26-13-11-23)14-22-21(25)24-9-8-17-4-2-3-5-18(17)15-24/h2-7,19H,8-15H2,1H3,(H,22,25)/t19-/m1/s1. The fourth-order valence-electron chi connectivity index (χ4n) is 3.90.